The Labute approximate surface area is 229 Å². The number of hydrogen-bond donors (Lipinski definition) is 3. The third-order valence-corrected chi connectivity index (χ3v) is 7.50. The van der Waals surface area contributed by atoms with Gasteiger partial charge in [-0.2, -0.15) is 4.98 Å². The zero-order valence-electron chi connectivity index (χ0n) is 21.9. The normalized spacial score (nSPS) is 18.9. The van der Waals surface area contributed by atoms with E-state index in [1.165, 1.54) is 45.4 Å². The molecule has 39 heavy (non-hydrogen) atoms. The molecule has 0 saturated carbocycles. The number of hydrogen-bond acceptors (Lipinski definition) is 10. The van der Waals surface area contributed by atoms with Gasteiger partial charge in [-0.05, 0) is 39.1 Å². The number of fused-ring (bicyclic) bond motifs is 1. The topological polar surface area (TPSA) is 129 Å². The number of nitrogens with zero attached hydrogens (tertiary/aromatic N) is 5. The van der Waals surface area contributed by atoms with E-state index in [1.54, 1.807) is 12.1 Å². The zero-order chi connectivity index (χ0) is 28.1. The van der Waals surface area contributed by atoms with Gasteiger partial charge in [0.05, 0.1) is 28.3 Å². The van der Waals surface area contributed by atoms with Crippen molar-refractivity contribution in [3.05, 3.63) is 63.0 Å². The molecule has 3 heterocycles. The molecule has 2 aliphatic rings. The second-order valence-corrected chi connectivity index (χ2v) is 10.8. The highest BCUT2D eigenvalue weighted by Crippen LogP contribution is 2.43. The van der Waals surface area contributed by atoms with E-state index in [2.05, 4.69) is 32.5 Å². The summed E-state index contributed by atoms with van der Waals surface area (Å²) < 4.78 is 19.7. The first-order valence-electron chi connectivity index (χ1n) is 12.3. The van der Waals surface area contributed by atoms with Crippen molar-refractivity contribution in [1.82, 2.24) is 14.9 Å². The predicted octanol–water partition coefficient (Wildman–Crippen LogP) is 4.65. The number of aromatic nitrogens is 2. The highest BCUT2D eigenvalue weighted by atomic mass is 35.5. The number of ether oxygens (including phenoxy) is 1. The standard InChI is InChI=1S/C26H29ClFN7O4/c1-26(2,36)15-7-17(28)16(27)8-18(15)30-24-5-6-29-25(32-24)31-19-9-21(35(37)38)20(10-23(19)39-4)34-12-14-11-33(3)22(14)13-34/h5-10,14,22,36H,11-13H2,1-4H3,(H2,29,30,31,32)/t14-,22+/m1/s1. The number of likely N-dealkylation sites (tertiary alicyclic amines) is 1. The Morgan fingerprint density at radius 2 is 1.97 bits per heavy atom. The molecule has 0 bridgehead atoms. The van der Waals surface area contributed by atoms with E-state index in [1.807, 2.05) is 4.90 Å². The lowest BCUT2D eigenvalue weighted by Gasteiger charge is -2.40. The van der Waals surface area contributed by atoms with Crippen LogP contribution in [0.25, 0.3) is 0 Å². The SMILES string of the molecule is COc1cc(N2C[C@H]3CN(C)[C@H]3C2)c([N+](=O)[O-])cc1Nc1nccc(Nc2cc(Cl)c(F)cc2C(C)(C)O)n1. The summed E-state index contributed by atoms with van der Waals surface area (Å²) in [6.45, 7) is 5.51. The van der Waals surface area contributed by atoms with Crippen LogP contribution in [0.5, 0.6) is 5.75 Å². The van der Waals surface area contributed by atoms with Crippen LogP contribution in [0, 0.1) is 21.8 Å². The molecule has 5 rings (SSSR count). The quantitative estimate of drug-likeness (QED) is 0.266. The maximum absolute atomic E-state index is 14.1. The second-order valence-electron chi connectivity index (χ2n) is 10.4. The first-order valence-corrected chi connectivity index (χ1v) is 12.7. The van der Waals surface area contributed by atoms with Gasteiger partial charge in [-0.25, -0.2) is 9.37 Å². The van der Waals surface area contributed by atoms with E-state index in [9.17, 15) is 19.6 Å². The molecule has 2 atom stereocenters. The maximum atomic E-state index is 14.1. The van der Waals surface area contributed by atoms with Crippen molar-refractivity contribution < 1.29 is 19.2 Å². The van der Waals surface area contributed by atoms with Crippen LogP contribution in [0.2, 0.25) is 5.02 Å². The lowest BCUT2D eigenvalue weighted by molar-refractivity contribution is -0.384. The van der Waals surface area contributed by atoms with E-state index in [4.69, 9.17) is 16.3 Å². The number of nitrogens with one attached hydrogen (secondary N) is 2. The molecule has 2 aromatic carbocycles. The lowest BCUT2D eigenvalue weighted by Crippen LogP contribution is -2.52. The minimum Gasteiger partial charge on any atom is -0.494 e. The van der Waals surface area contributed by atoms with Crippen LogP contribution in [0.3, 0.4) is 0 Å². The molecule has 2 aliphatic heterocycles. The third kappa shape index (κ3) is 5.27. The first kappa shape index (κ1) is 26.9. The minimum atomic E-state index is -1.36. The third-order valence-electron chi connectivity index (χ3n) is 7.21. The fourth-order valence-corrected chi connectivity index (χ4v) is 5.39. The number of halogens is 2. The number of methoxy groups -OCH3 is 1. The molecule has 0 amide bonds. The van der Waals surface area contributed by atoms with E-state index in [0.717, 1.165) is 19.6 Å². The molecule has 13 heteroatoms. The van der Waals surface area contributed by atoms with Gasteiger partial charge in [-0.3, -0.25) is 10.1 Å². The summed E-state index contributed by atoms with van der Waals surface area (Å²) in [4.78, 5) is 24.6. The number of nitro groups is 1. The van der Waals surface area contributed by atoms with Crippen molar-refractivity contribution in [1.29, 1.82) is 0 Å². The molecule has 2 fully saturated rings. The van der Waals surface area contributed by atoms with Gasteiger partial charge in [0.2, 0.25) is 5.95 Å². The van der Waals surface area contributed by atoms with Gasteiger partial charge in [-0.1, -0.05) is 11.6 Å². The number of aliphatic hydroxyl groups is 1. The molecule has 0 spiro atoms. The van der Waals surface area contributed by atoms with Crippen LogP contribution in [0.15, 0.2) is 36.5 Å². The van der Waals surface area contributed by atoms with Gasteiger partial charge in [0.15, 0.2) is 0 Å². The van der Waals surface area contributed by atoms with E-state index in [-0.39, 0.29) is 22.2 Å². The molecular weight excluding hydrogens is 529 g/mol. The lowest BCUT2D eigenvalue weighted by atomic mass is 9.93. The van der Waals surface area contributed by atoms with Gasteiger partial charge in [-0.15, -0.1) is 0 Å². The van der Waals surface area contributed by atoms with Crippen LogP contribution in [0.1, 0.15) is 19.4 Å². The Balaban J connectivity index is 1.43. The van der Waals surface area contributed by atoms with Crippen molar-refractivity contribution in [2.75, 3.05) is 49.3 Å². The Kier molecular flexibility index (Phi) is 6.95. The molecule has 0 radical (unpaired) electrons. The van der Waals surface area contributed by atoms with Crippen LogP contribution >= 0.6 is 11.6 Å². The second kappa shape index (κ2) is 10.1. The number of anilines is 5. The zero-order valence-corrected chi connectivity index (χ0v) is 22.7. The highest BCUT2D eigenvalue weighted by molar-refractivity contribution is 6.31. The average molecular weight is 558 g/mol. The largest absolute Gasteiger partial charge is 0.494 e. The monoisotopic (exact) mass is 557 g/mol. The number of benzene rings is 2. The molecule has 11 nitrogen and oxygen atoms in total. The Morgan fingerprint density at radius 1 is 1.21 bits per heavy atom. The smallest absolute Gasteiger partial charge is 0.294 e. The van der Waals surface area contributed by atoms with Gasteiger partial charge in [0.25, 0.3) is 5.69 Å². The average Bonchev–Trinajstić information content (AvgIpc) is 3.22. The molecule has 206 valence electrons. The summed E-state index contributed by atoms with van der Waals surface area (Å²) in [6, 6.07) is 7.60. The number of nitro benzene ring substituents is 1. The number of likely N-dealkylation sites (N-methyl/N-ethyl adjacent to an activating group) is 1. The van der Waals surface area contributed by atoms with Gasteiger partial charge in [0.1, 0.15) is 23.1 Å². The summed E-state index contributed by atoms with van der Waals surface area (Å²) >= 11 is 5.98. The summed E-state index contributed by atoms with van der Waals surface area (Å²) in [7, 11) is 3.55. The van der Waals surface area contributed by atoms with Crippen molar-refractivity contribution in [2.45, 2.75) is 25.5 Å². The Hall–Kier alpha value is -3.74. The van der Waals surface area contributed by atoms with Crippen molar-refractivity contribution in [3.63, 3.8) is 0 Å². The summed E-state index contributed by atoms with van der Waals surface area (Å²) in [5.41, 5.74) is 0.0704. The summed E-state index contributed by atoms with van der Waals surface area (Å²) in [5, 5.41) is 28.5. The van der Waals surface area contributed by atoms with E-state index < -0.39 is 16.3 Å². The van der Waals surface area contributed by atoms with Crippen LogP contribution < -0.4 is 20.3 Å². The van der Waals surface area contributed by atoms with E-state index in [0.29, 0.717) is 40.6 Å². The van der Waals surface area contributed by atoms with Crippen molar-refractivity contribution in [3.8, 4) is 5.75 Å². The van der Waals surface area contributed by atoms with Crippen molar-refractivity contribution in [2.24, 2.45) is 5.92 Å². The molecular formula is C26H29ClFN7O4. The van der Waals surface area contributed by atoms with Gasteiger partial charge in [0, 0.05) is 61.2 Å². The Bertz CT molecular complexity index is 1430. The van der Waals surface area contributed by atoms with E-state index >= 15 is 0 Å². The van der Waals surface area contributed by atoms with Crippen LogP contribution in [0.4, 0.5) is 38.9 Å². The fraction of sp³-hybridized carbons (Fsp3) is 0.385. The fourth-order valence-electron chi connectivity index (χ4n) is 5.22. The molecule has 3 N–H and O–H groups in total. The molecule has 2 saturated heterocycles. The molecule has 1 aromatic heterocycles. The molecule has 3 aromatic rings. The summed E-state index contributed by atoms with van der Waals surface area (Å²) in [6.07, 6.45) is 1.48. The highest BCUT2D eigenvalue weighted by Gasteiger charge is 2.45. The van der Waals surface area contributed by atoms with Crippen LogP contribution in [-0.4, -0.2) is 64.7 Å². The Morgan fingerprint density at radius 3 is 2.62 bits per heavy atom. The minimum absolute atomic E-state index is 0.0488. The molecule has 0 unspecified atom stereocenters. The number of rotatable bonds is 8. The van der Waals surface area contributed by atoms with Crippen LogP contribution in [-0.2, 0) is 5.60 Å². The molecule has 0 aliphatic carbocycles. The summed E-state index contributed by atoms with van der Waals surface area (Å²) in [5.74, 6) is 0.700. The van der Waals surface area contributed by atoms with Crippen molar-refractivity contribution >= 4 is 46.1 Å². The first-order chi connectivity index (χ1) is 18.4. The predicted molar refractivity (Wildman–Crippen MR) is 147 cm³/mol. The van der Waals surface area contributed by atoms with Gasteiger partial charge < -0.3 is 30.3 Å². The maximum Gasteiger partial charge on any atom is 0.294 e. The van der Waals surface area contributed by atoms with Gasteiger partial charge >= 0.3 is 0 Å².